The van der Waals surface area contributed by atoms with Gasteiger partial charge in [-0.25, -0.2) is 0 Å². The molecule has 0 unspecified atom stereocenters. The molecule has 75 valence electrons. The van der Waals surface area contributed by atoms with Gasteiger partial charge in [0.25, 0.3) is 0 Å². The number of nitrogens with zero attached hydrogens (tertiary/aromatic N) is 3. The molecule has 0 amide bonds. The van der Waals surface area contributed by atoms with E-state index in [2.05, 4.69) is 21.3 Å². The van der Waals surface area contributed by atoms with Crippen LogP contribution in [0.2, 0.25) is 0 Å². The Morgan fingerprint density at radius 1 is 0.615 bits per heavy atom. The van der Waals surface area contributed by atoms with E-state index < -0.39 is 0 Å². The number of hydrogen-bond acceptors (Lipinski definition) is 1. The number of nitrogens with one attached hydrogen (secondary N) is 1. The Labute approximate surface area is 91.4 Å². The van der Waals surface area contributed by atoms with Crippen LogP contribution in [0.5, 0.6) is 0 Å². The molecule has 0 atom stereocenters. The Bertz CT molecular complexity index is 59.1. The molecule has 1 radical (unpaired) electrons. The van der Waals surface area contributed by atoms with Crippen LogP contribution in [0.15, 0.2) is 0 Å². The molecule has 1 fully saturated rings. The minimum Gasteiger partial charge on any atom is -0.665 e. The van der Waals surface area contributed by atoms with Gasteiger partial charge >= 0.3 is 17.4 Å². The topological polar surface area (TPSA) is 54.3 Å². The molecule has 0 aromatic rings. The molecule has 0 spiro atoms. The Morgan fingerprint density at radius 2 is 1.00 bits per heavy atom. The van der Waals surface area contributed by atoms with Gasteiger partial charge in [-0.15, -0.1) is 13.1 Å². The normalized spacial score (nSPS) is 22.2. The molecule has 1 aliphatic heterocycles. The Morgan fingerprint density at radius 3 is 1.46 bits per heavy atom. The first kappa shape index (κ1) is 13.4. The van der Waals surface area contributed by atoms with Crippen molar-refractivity contribution in [2.24, 2.45) is 0 Å². The molecule has 1 N–H and O–H groups in total. The number of rotatable bonds is 0. The predicted molar refractivity (Wildman–Crippen MR) is 52.1 cm³/mol. The van der Waals surface area contributed by atoms with E-state index in [1.165, 1.54) is 0 Å². The Balaban J connectivity index is 0.00000144. The van der Waals surface area contributed by atoms with Crippen LogP contribution in [0.1, 0.15) is 0 Å². The first-order chi connectivity index (χ1) is 6.00. The molecule has 1 rings (SSSR count). The molecule has 4 nitrogen and oxygen atoms in total. The Hall–Kier alpha value is 0.372. The summed E-state index contributed by atoms with van der Waals surface area (Å²) in [6.07, 6.45) is 0. The zero-order chi connectivity index (χ0) is 8.49. The van der Waals surface area contributed by atoms with Crippen molar-refractivity contribution >= 4 is 0 Å². The van der Waals surface area contributed by atoms with Crippen molar-refractivity contribution in [1.29, 1.82) is 0 Å². The monoisotopic (exact) mass is 221 g/mol. The van der Waals surface area contributed by atoms with Gasteiger partial charge in [-0.1, -0.05) is 0 Å². The number of hydrogen-bond donors (Lipinski definition) is 1. The second-order valence-corrected chi connectivity index (χ2v) is 2.76. The maximum Gasteiger partial charge on any atom is 3.00 e. The van der Waals surface area contributed by atoms with Gasteiger partial charge in [-0.2, -0.15) is 26.2 Å². The molecule has 0 saturated carbocycles. The fourth-order valence-corrected chi connectivity index (χ4v) is 1.06. The summed E-state index contributed by atoms with van der Waals surface area (Å²) in [6, 6.07) is 0. The van der Waals surface area contributed by atoms with Gasteiger partial charge in [0.1, 0.15) is 0 Å². The zero-order valence-electron chi connectivity index (χ0n) is 7.91. The second kappa shape index (κ2) is 10.5. The van der Waals surface area contributed by atoms with Gasteiger partial charge in [0.15, 0.2) is 0 Å². The van der Waals surface area contributed by atoms with Crippen LogP contribution in [0.3, 0.4) is 0 Å². The SMILES string of the molecule is C1C[N-]CCNCC[N-]CC[N-]1.[Cr+3]. The van der Waals surface area contributed by atoms with E-state index in [1.807, 2.05) is 0 Å². The third-order valence-corrected chi connectivity index (χ3v) is 1.73. The van der Waals surface area contributed by atoms with Crippen LogP contribution < -0.4 is 5.32 Å². The van der Waals surface area contributed by atoms with Crippen molar-refractivity contribution in [2.75, 3.05) is 52.4 Å². The van der Waals surface area contributed by atoms with Crippen molar-refractivity contribution in [2.45, 2.75) is 0 Å². The van der Waals surface area contributed by atoms with Gasteiger partial charge < -0.3 is 21.3 Å². The van der Waals surface area contributed by atoms with Gasteiger partial charge in [0.2, 0.25) is 0 Å². The smallest absolute Gasteiger partial charge is 0.665 e. The summed E-state index contributed by atoms with van der Waals surface area (Å²) in [6.45, 7) is 7.28. The molecule has 1 heterocycles. The standard InChI is InChI=1S/C8H17N4.Cr/c1-2-10-5-6-12-8-7-11-4-3-9-1;/h9H,1-8H2;/q-3;+3. The maximum absolute atomic E-state index is 4.32. The average Bonchev–Trinajstić information content (AvgIpc) is 2.05. The van der Waals surface area contributed by atoms with Crippen molar-refractivity contribution < 1.29 is 17.4 Å². The van der Waals surface area contributed by atoms with E-state index in [-0.39, 0.29) is 17.4 Å². The molecule has 1 saturated heterocycles. The molecular formula is C8H17CrN4. The summed E-state index contributed by atoms with van der Waals surface area (Å²) < 4.78 is 0. The van der Waals surface area contributed by atoms with E-state index in [1.54, 1.807) is 0 Å². The summed E-state index contributed by atoms with van der Waals surface area (Å²) in [7, 11) is 0. The van der Waals surface area contributed by atoms with E-state index in [9.17, 15) is 0 Å². The third-order valence-electron chi connectivity index (χ3n) is 1.73. The van der Waals surface area contributed by atoms with Gasteiger partial charge in [0.05, 0.1) is 0 Å². The van der Waals surface area contributed by atoms with E-state index >= 15 is 0 Å². The first-order valence-electron chi connectivity index (χ1n) is 4.60. The van der Waals surface area contributed by atoms with Crippen molar-refractivity contribution in [1.82, 2.24) is 5.32 Å². The zero-order valence-corrected chi connectivity index (χ0v) is 9.18. The Kier molecular flexibility index (Phi) is 10.8. The van der Waals surface area contributed by atoms with Crippen LogP contribution in [0, 0.1) is 0 Å². The predicted octanol–water partition coefficient (Wildman–Crippen LogP) is 0.708. The minimum absolute atomic E-state index is 0. The molecule has 0 aromatic carbocycles. The molecule has 5 heteroatoms. The summed E-state index contributed by atoms with van der Waals surface area (Å²) in [5.41, 5.74) is 0. The summed E-state index contributed by atoms with van der Waals surface area (Å²) in [5, 5.41) is 16.2. The maximum atomic E-state index is 4.32. The van der Waals surface area contributed by atoms with Crippen LogP contribution in [0.25, 0.3) is 16.0 Å². The van der Waals surface area contributed by atoms with Gasteiger partial charge in [-0.05, 0) is 13.1 Å². The third kappa shape index (κ3) is 8.70. The first-order valence-corrected chi connectivity index (χ1v) is 4.60. The molecule has 0 bridgehead atoms. The van der Waals surface area contributed by atoms with Gasteiger partial charge in [-0.3, -0.25) is 0 Å². The fourth-order valence-electron chi connectivity index (χ4n) is 1.06. The average molecular weight is 221 g/mol. The van der Waals surface area contributed by atoms with Crippen LogP contribution >= 0.6 is 0 Å². The van der Waals surface area contributed by atoms with Crippen molar-refractivity contribution in [3.8, 4) is 0 Å². The summed E-state index contributed by atoms with van der Waals surface area (Å²) in [4.78, 5) is 0. The van der Waals surface area contributed by atoms with Crippen LogP contribution in [-0.4, -0.2) is 52.4 Å². The largest absolute Gasteiger partial charge is 3.00 e. The molecule has 0 aliphatic carbocycles. The minimum atomic E-state index is 0. The molecule has 0 aromatic heterocycles. The van der Waals surface area contributed by atoms with E-state index in [0.717, 1.165) is 52.4 Å². The van der Waals surface area contributed by atoms with E-state index in [0.29, 0.717) is 0 Å². The molecular weight excluding hydrogens is 204 g/mol. The molecule has 13 heavy (non-hydrogen) atoms. The van der Waals surface area contributed by atoms with E-state index in [4.69, 9.17) is 0 Å². The summed E-state index contributed by atoms with van der Waals surface area (Å²) >= 11 is 0. The quantitative estimate of drug-likeness (QED) is 0.643. The summed E-state index contributed by atoms with van der Waals surface area (Å²) in [5.74, 6) is 0. The van der Waals surface area contributed by atoms with Crippen molar-refractivity contribution in [3.63, 3.8) is 0 Å². The fraction of sp³-hybridized carbons (Fsp3) is 1.00. The van der Waals surface area contributed by atoms with Crippen molar-refractivity contribution in [3.05, 3.63) is 16.0 Å². The van der Waals surface area contributed by atoms with Crippen LogP contribution in [0.4, 0.5) is 0 Å². The van der Waals surface area contributed by atoms with Crippen LogP contribution in [-0.2, 0) is 17.4 Å². The molecule has 1 aliphatic rings. The van der Waals surface area contributed by atoms with Gasteiger partial charge in [0, 0.05) is 0 Å². The second-order valence-electron chi connectivity index (χ2n) is 2.76.